The molecule has 0 N–H and O–H groups in total. The summed E-state index contributed by atoms with van der Waals surface area (Å²) in [5, 5.41) is 0. The van der Waals surface area contributed by atoms with Crippen LogP contribution in [0.15, 0.2) is 30.5 Å². The van der Waals surface area contributed by atoms with Crippen LogP contribution >= 0.6 is 0 Å². The number of benzene rings is 1. The molecule has 0 atom stereocenters. The topological polar surface area (TPSA) is 49.3 Å². The van der Waals surface area contributed by atoms with Crippen LogP contribution < -0.4 is 4.90 Å². The van der Waals surface area contributed by atoms with Gasteiger partial charge in [-0.05, 0) is 36.8 Å². The van der Waals surface area contributed by atoms with E-state index >= 15 is 0 Å². The molecule has 0 radical (unpaired) electrons. The SMILES string of the molecule is CN1CC2(CCC1=O)CCN(c1cnc3ccccc3n1)CC2. The van der Waals surface area contributed by atoms with Crippen molar-refractivity contribution < 1.29 is 4.79 Å². The molecule has 3 heterocycles. The standard InChI is InChI=1S/C18H22N4O/c1-21-13-18(7-6-17(21)23)8-10-22(11-9-18)16-12-19-14-4-2-3-5-15(14)20-16/h2-5,12H,6-11,13H2,1H3. The van der Waals surface area contributed by atoms with Crippen molar-refractivity contribution in [1.82, 2.24) is 14.9 Å². The molecule has 0 saturated carbocycles. The summed E-state index contributed by atoms with van der Waals surface area (Å²) < 4.78 is 0. The minimum Gasteiger partial charge on any atom is -0.355 e. The minimum absolute atomic E-state index is 0.290. The normalized spacial score (nSPS) is 21.2. The number of para-hydroxylation sites is 2. The second-order valence-electron chi connectivity index (χ2n) is 6.95. The van der Waals surface area contributed by atoms with Gasteiger partial charge in [0.1, 0.15) is 5.82 Å². The zero-order valence-electron chi connectivity index (χ0n) is 13.5. The predicted molar refractivity (Wildman–Crippen MR) is 90.3 cm³/mol. The number of carbonyl (C=O) groups is 1. The number of amides is 1. The summed E-state index contributed by atoms with van der Waals surface area (Å²) in [4.78, 5) is 25.3. The van der Waals surface area contributed by atoms with Gasteiger partial charge in [-0.2, -0.15) is 0 Å². The van der Waals surface area contributed by atoms with Gasteiger partial charge in [0, 0.05) is 33.1 Å². The third-order valence-corrected chi connectivity index (χ3v) is 5.45. The van der Waals surface area contributed by atoms with E-state index in [0.29, 0.717) is 17.7 Å². The molecule has 4 rings (SSSR count). The van der Waals surface area contributed by atoms with Crippen LogP contribution in [0.25, 0.3) is 11.0 Å². The number of hydrogen-bond acceptors (Lipinski definition) is 4. The minimum atomic E-state index is 0.290. The number of likely N-dealkylation sites (tertiary alicyclic amines) is 1. The van der Waals surface area contributed by atoms with Crippen LogP contribution in [0.2, 0.25) is 0 Å². The Kier molecular flexibility index (Phi) is 3.43. The summed E-state index contributed by atoms with van der Waals surface area (Å²) in [5.74, 6) is 1.26. The molecule has 1 amide bonds. The van der Waals surface area contributed by atoms with Crippen molar-refractivity contribution in [2.45, 2.75) is 25.7 Å². The Bertz CT molecular complexity index is 737. The molecule has 2 saturated heterocycles. The Morgan fingerprint density at radius 2 is 1.83 bits per heavy atom. The Morgan fingerprint density at radius 3 is 2.57 bits per heavy atom. The number of piperidine rings is 2. The second kappa shape index (κ2) is 5.48. The molecule has 0 unspecified atom stereocenters. The number of anilines is 1. The first-order chi connectivity index (χ1) is 11.2. The van der Waals surface area contributed by atoms with Crippen molar-refractivity contribution in [2.75, 3.05) is 31.6 Å². The monoisotopic (exact) mass is 310 g/mol. The fourth-order valence-electron chi connectivity index (χ4n) is 3.95. The lowest BCUT2D eigenvalue weighted by atomic mass is 9.72. The fourth-order valence-corrected chi connectivity index (χ4v) is 3.95. The van der Waals surface area contributed by atoms with E-state index in [1.165, 1.54) is 0 Å². The molecule has 2 aromatic rings. The molecule has 2 aliphatic rings. The van der Waals surface area contributed by atoms with E-state index in [4.69, 9.17) is 4.98 Å². The number of nitrogens with zero attached hydrogens (tertiary/aromatic N) is 4. The molecule has 2 aliphatic heterocycles. The first-order valence-electron chi connectivity index (χ1n) is 8.36. The summed E-state index contributed by atoms with van der Waals surface area (Å²) in [7, 11) is 1.93. The van der Waals surface area contributed by atoms with Gasteiger partial charge in [0.15, 0.2) is 0 Å². The summed E-state index contributed by atoms with van der Waals surface area (Å²) in [5.41, 5.74) is 2.20. The Hall–Kier alpha value is -2.17. The van der Waals surface area contributed by atoms with E-state index in [1.54, 1.807) is 0 Å². The van der Waals surface area contributed by atoms with E-state index in [2.05, 4.69) is 9.88 Å². The van der Waals surface area contributed by atoms with Crippen molar-refractivity contribution in [3.8, 4) is 0 Å². The van der Waals surface area contributed by atoms with Gasteiger partial charge in [0.25, 0.3) is 0 Å². The van der Waals surface area contributed by atoms with E-state index < -0.39 is 0 Å². The first-order valence-corrected chi connectivity index (χ1v) is 8.36. The number of aromatic nitrogens is 2. The van der Waals surface area contributed by atoms with Gasteiger partial charge in [-0.25, -0.2) is 4.98 Å². The smallest absolute Gasteiger partial charge is 0.222 e. The largest absolute Gasteiger partial charge is 0.355 e. The summed E-state index contributed by atoms with van der Waals surface area (Å²) >= 11 is 0. The summed E-state index contributed by atoms with van der Waals surface area (Å²) in [6.45, 7) is 2.90. The van der Waals surface area contributed by atoms with Gasteiger partial charge in [0.05, 0.1) is 17.2 Å². The van der Waals surface area contributed by atoms with Crippen LogP contribution in [-0.4, -0.2) is 47.5 Å². The zero-order chi connectivity index (χ0) is 15.9. The highest BCUT2D eigenvalue weighted by Crippen LogP contribution is 2.40. The molecule has 0 aliphatic carbocycles. The Balaban J connectivity index is 1.49. The van der Waals surface area contributed by atoms with Gasteiger partial charge < -0.3 is 9.80 Å². The zero-order valence-corrected chi connectivity index (χ0v) is 13.5. The fraction of sp³-hybridized carbons (Fsp3) is 0.500. The maximum atomic E-state index is 11.7. The average molecular weight is 310 g/mol. The number of carbonyl (C=O) groups excluding carboxylic acids is 1. The van der Waals surface area contributed by atoms with Gasteiger partial charge in [0.2, 0.25) is 5.91 Å². The van der Waals surface area contributed by atoms with Crippen molar-refractivity contribution >= 4 is 22.8 Å². The molecule has 5 heteroatoms. The van der Waals surface area contributed by atoms with Crippen molar-refractivity contribution in [3.05, 3.63) is 30.5 Å². The van der Waals surface area contributed by atoms with Crippen LogP contribution in [0.3, 0.4) is 0 Å². The molecule has 120 valence electrons. The lowest BCUT2D eigenvalue weighted by molar-refractivity contribution is -0.136. The van der Waals surface area contributed by atoms with Crippen molar-refractivity contribution in [1.29, 1.82) is 0 Å². The summed E-state index contributed by atoms with van der Waals surface area (Å²) in [6, 6.07) is 7.99. The first kappa shape index (κ1) is 14.4. The van der Waals surface area contributed by atoms with Crippen LogP contribution in [0, 0.1) is 5.41 Å². The molecule has 1 aromatic carbocycles. The number of hydrogen-bond donors (Lipinski definition) is 0. The molecule has 23 heavy (non-hydrogen) atoms. The Morgan fingerprint density at radius 1 is 1.09 bits per heavy atom. The van der Waals surface area contributed by atoms with Gasteiger partial charge in [-0.1, -0.05) is 12.1 Å². The van der Waals surface area contributed by atoms with Crippen molar-refractivity contribution in [3.63, 3.8) is 0 Å². The van der Waals surface area contributed by atoms with Gasteiger partial charge >= 0.3 is 0 Å². The van der Waals surface area contributed by atoms with Crippen LogP contribution in [0.1, 0.15) is 25.7 Å². The molecular weight excluding hydrogens is 288 g/mol. The third kappa shape index (κ3) is 2.64. The van der Waals surface area contributed by atoms with Crippen LogP contribution in [0.5, 0.6) is 0 Å². The van der Waals surface area contributed by atoms with Gasteiger partial charge in [-0.3, -0.25) is 9.78 Å². The highest BCUT2D eigenvalue weighted by atomic mass is 16.2. The maximum Gasteiger partial charge on any atom is 0.222 e. The van der Waals surface area contributed by atoms with Crippen LogP contribution in [-0.2, 0) is 4.79 Å². The molecule has 5 nitrogen and oxygen atoms in total. The number of rotatable bonds is 1. The van der Waals surface area contributed by atoms with E-state index in [1.807, 2.05) is 42.4 Å². The second-order valence-corrected chi connectivity index (χ2v) is 6.95. The quantitative estimate of drug-likeness (QED) is 0.812. The highest BCUT2D eigenvalue weighted by Gasteiger charge is 2.40. The summed E-state index contributed by atoms with van der Waals surface area (Å²) in [6.07, 6.45) is 5.87. The van der Waals surface area contributed by atoms with Crippen LogP contribution in [0.4, 0.5) is 5.82 Å². The van der Waals surface area contributed by atoms with Gasteiger partial charge in [-0.15, -0.1) is 0 Å². The highest BCUT2D eigenvalue weighted by molar-refractivity contribution is 5.77. The van der Waals surface area contributed by atoms with E-state index in [-0.39, 0.29) is 0 Å². The Labute approximate surface area is 136 Å². The predicted octanol–water partition coefficient (Wildman–Crippen LogP) is 2.47. The molecule has 2 fully saturated rings. The lowest BCUT2D eigenvalue weighted by Crippen LogP contribution is -2.50. The van der Waals surface area contributed by atoms with Crippen molar-refractivity contribution in [2.24, 2.45) is 5.41 Å². The molecule has 1 spiro atoms. The lowest BCUT2D eigenvalue weighted by Gasteiger charge is -2.46. The van der Waals surface area contributed by atoms with E-state index in [0.717, 1.165) is 55.7 Å². The molecule has 0 bridgehead atoms. The number of fused-ring (bicyclic) bond motifs is 1. The maximum absolute atomic E-state index is 11.7. The molecular formula is C18H22N4O. The average Bonchev–Trinajstić information content (AvgIpc) is 2.59. The molecule has 1 aromatic heterocycles. The third-order valence-electron chi connectivity index (χ3n) is 5.45. The van der Waals surface area contributed by atoms with E-state index in [9.17, 15) is 4.79 Å².